The smallest absolute Gasteiger partial charge is 0.400 e. The number of nitrogens with zero attached hydrogens (tertiary/aromatic N) is 10. The van der Waals surface area contributed by atoms with Crippen LogP contribution < -0.4 is 10.7 Å². The Balaban J connectivity index is 0.000000672. The van der Waals surface area contributed by atoms with E-state index in [0.717, 1.165) is 86.4 Å². The van der Waals surface area contributed by atoms with Gasteiger partial charge in [-0.3, -0.25) is 0 Å². The van der Waals surface area contributed by atoms with E-state index in [9.17, 15) is 0 Å². The number of benzene rings is 3. The Morgan fingerprint density at radius 2 is 0.828 bits per heavy atom. The van der Waals surface area contributed by atoms with E-state index in [1.165, 1.54) is 12.7 Å². The molecular formula is C40H52BN11O5Zn. The molecule has 0 saturated carbocycles. The van der Waals surface area contributed by atoms with Crippen molar-refractivity contribution in [2.75, 3.05) is 41.3 Å². The number of fused-ring (bicyclic) bond motifs is 1. The minimum atomic E-state index is -1.55. The number of aryl methyl sites for hydroxylation is 3. The molecule has 0 radical (unpaired) electrons. The summed E-state index contributed by atoms with van der Waals surface area (Å²) in [6, 6.07) is 37.3. The van der Waals surface area contributed by atoms with Crippen molar-refractivity contribution in [3.8, 4) is 33.8 Å². The van der Waals surface area contributed by atoms with Gasteiger partial charge in [0.25, 0.3) is 0 Å². The van der Waals surface area contributed by atoms with E-state index in [2.05, 4.69) is 109 Å². The van der Waals surface area contributed by atoms with Crippen LogP contribution in [0.5, 0.6) is 0 Å². The van der Waals surface area contributed by atoms with Crippen molar-refractivity contribution in [3.05, 3.63) is 139 Å². The molecule has 0 aliphatic rings. The standard InChI is InChI=1S/C30H28BN6.C5H4N5.5CH4O.Zn/c1-22-19-28(25-13-7-4-8-14-25)32-35(22)31(36-23(2)20-29(33-36)26-15-9-5-10-16-26)37-24(3)21-30(34-37)27-17-11-6-12-18-27;6-4-3-5(9-1-7-3)10-2-8-4;5*1-2;/h4-21,31H,1-3H3;1-2H,(H2-,6,7,8,9,10);5*2H,1H3;/q2*-1;;;;;;+2. The Morgan fingerprint density at radius 1 is 0.500 bits per heavy atom. The third kappa shape index (κ3) is 12.6. The Kier molecular flexibility index (Phi) is 23.2. The molecule has 5 aromatic heterocycles. The molecule has 5 heterocycles. The van der Waals surface area contributed by atoms with Gasteiger partial charge in [0.2, 0.25) is 0 Å². The van der Waals surface area contributed by atoms with E-state index >= 15 is 0 Å². The number of aliphatic hydroxyl groups is 5. The van der Waals surface area contributed by atoms with Crippen molar-refractivity contribution in [3.63, 3.8) is 0 Å². The summed E-state index contributed by atoms with van der Waals surface area (Å²) in [4.78, 5) is 15.3. The van der Waals surface area contributed by atoms with Gasteiger partial charge in [-0.05, 0) is 62.4 Å². The van der Waals surface area contributed by atoms with Crippen LogP contribution in [0.15, 0.2) is 122 Å². The molecule has 0 atom stereocenters. The van der Waals surface area contributed by atoms with Crippen molar-refractivity contribution < 1.29 is 45.0 Å². The van der Waals surface area contributed by atoms with Crippen molar-refractivity contribution in [1.82, 2.24) is 49.0 Å². The van der Waals surface area contributed by atoms with Crippen LogP contribution >= 0.6 is 0 Å². The Hall–Kier alpha value is -5.87. The minimum Gasteiger partial charge on any atom is -0.400 e. The van der Waals surface area contributed by atoms with Crippen LogP contribution in [0.1, 0.15) is 17.1 Å². The van der Waals surface area contributed by atoms with Gasteiger partial charge in [0.15, 0.2) is 0 Å². The van der Waals surface area contributed by atoms with Crippen LogP contribution in [0.3, 0.4) is 0 Å². The summed E-state index contributed by atoms with van der Waals surface area (Å²) in [5, 5.41) is 50.3. The Labute approximate surface area is 351 Å². The average Bonchev–Trinajstić information content (AvgIpc) is 4.11. The molecule has 0 spiro atoms. The van der Waals surface area contributed by atoms with Gasteiger partial charge in [-0.2, -0.15) is 0 Å². The van der Waals surface area contributed by atoms with Crippen LogP contribution in [0.25, 0.3) is 44.9 Å². The molecule has 16 nitrogen and oxygen atoms in total. The molecule has 0 aliphatic heterocycles. The van der Waals surface area contributed by atoms with Crippen LogP contribution in [0.4, 0.5) is 5.82 Å². The molecule has 8 aromatic rings. The van der Waals surface area contributed by atoms with Crippen molar-refractivity contribution in [2.45, 2.75) is 20.8 Å². The van der Waals surface area contributed by atoms with Gasteiger partial charge in [0.1, 0.15) is 5.82 Å². The first-order valence-corrected chi connectivity index (χ1v) is 17.6. The summed E-state index contributed by atoms with van der Waals surface area (Å²) in [5.41, 5.74) is 15.8. The number of hydrogen-bond donors (Lipinski definition) is 6. The van der Waals surface area contributed by atoms with Gasteiger partial charge < -0.3 is 60.0 Å². The minimum absolute atomic E-state index is 0. The summed E-state index contributed by atoms with van der Waals surface area (Å²) in [7, 11) is 3.45. The quantitative estimate of drug-likeness (QED) is 0.132. The van der Waals surface area contributed by atoms with Gasteiger partial charge in [-0.25, -0.2) is 20.3 Å². The number of nitrogens with two attached hydrogens (primary N) is 1. The van der Waals surface area contributed by atoms with E-state index in [1.54, 1.807) is 0 Å². The van der Waals surface area contributed by atoms with Gasteiger partial charge >= 0.3 is 26.6 Å². The normalized spacial score (nSPS) is 9.55. The molecule has 0 unspecified atom stereocenters. The first-order valence-electron chi connectivity index (χ1n) is 17.6. The molecule has 0 amide bonds. The molecule has 0 saturated heterocycles. The van der Waals surface area contributed by atoms with Gasteiger partial charge in [0, 0.05) is 69.7 Å². The molecule has 8 rings (SSSR count). The molecule has 7 N–H and O–H groups in total. The number of imidazole rings is 1. The molecule has 3 aromatic carbocycles. The number of aromatic nitrogens is 10. The monoisotopic (exact) mass is 841 g/mol. The van der Waals surface area contributed by atoms with E-state index in [0.29, 0.717) is 17.0 Å². The van der Waals surface area contributed by atoms with Crippen molar-refractivity contribution in [1.29, 1.82) is 0 Å². The summed E-state index contributed by atoms with van der Waals surface area (Å²) < 4.78 is 6.31. The fourth-order valence-electron chi connectivity index (χ4n) is 5.76. The van der Waals surface area contributed by atoms with Crippen LogP contribution in [-0.2, 0) is 19.5 Å². The summed E-state index contributed by atoms with van der Waals surface area (Å²) in [5.74, 6) is 0.377. The maximum absolute atomic E-state index is 7.00. The third-order valence-electron chi connectivity index (χ3n) is 8.15. The molecule has 18 heteroatoms. The van der Waals surface area contributed by atoms with Crippen LogP contribution in [0, 0.1) is 20.8 Å². The van der Waals surface area contributed by atoms with Gasteiger partial charge in [-0.15, -0.1) is 0 Å². The summed E-state index contributed by atoms with van der Waals surface area (Å²) in [6.45, 7) is 6.31. The number of hydrogen-bond acceptors (Lipinski definition) is 12. The van der Waals surface area contributed by atoms with Gasteiger partial charge in [0.05, 0.1) is 17.1 Å². The fourth-order valence-corrected chi connectivity index (χ4v) is 5.76. The Bertz CT molecular complexity index is 2090. The number of anilines is 1. The predicted molar refractivity (Wildman–Crippen MR) is 226 cm³/mol. The molecular weight excluding hydrogens is 791 g/mol. The van der Waals surface area contributed by atoms with E-state index in [-0.39, 0.29) is 19.5 Å². The zero-order valence-corrected chi connectivity index (χ0v) is 37.2. The zero-order chi connectivity index (χ0) is 42.3. The second-order valence-corrected chi connectivity index (χ2v) is 11.3. The second kappa shape index (κ2) is 26.9. The molecule has 58 heavy (non-hydrogen) atoms. The topological polar surface area (TPSA) is 233 Å². The van der Waals surface area contributed by atoms with E-state index in [1.807, 2.05) is 54.6 Å². The predicted octanol–water partition coefficient (Wildman–Crippen LogP) is 3.47. The van der Waals surface area contributed by atoms with Crippen LogP contribution in [-0.4, -0.2) is 112 Å². The molecule has 0 fully saturated rings. The van der Waals surface area contributed by atoms with Crippen molar-refractivity contribution in [2.24, 2.45) is 0 Å². The summed E-state index contributed by atoms with van der Waals surface area (Å²) >= 11 is 0. The second-order valence-electron chi connectivity index (χ2n) is 11.3. The maximum Gasteiger partial charge on any atom is 2.00 e. The first kappa shape index (κ1) is 50.1. The molecule has 0 aliphatic carbocycles. The number of nitrogen functional groups attached to an aromatic ring is 1. The number of rotatable bonds is 6. The first-order chi connectivity index (χ1) is 28.0. The van der Waals surface area contributed by atoms with Gasteiger partial charge in [-0.1, -0.05) is 91.0 Å². The van der Waals surface area contributed by atoms with Crippen LogP contribution in [0.2, 0.25) is 0 Å². The number of aliphatic hydroxyl groups excluding tert-OH is 5. The maximum atomic E-state index is 7.00. The largest absolute Gasteiger partial charge is 2.00 e. The molecule has 302 valence electrons. The summed E-state index contributed by atoms with van der Waals surface area (Å²) in [6.07, 6.45) is 2.78. The zero-order valence-electron chi connectivity index (χ0n) is 34.2. The SMILES string of the molecule is CO.CO.CO.CO.CO.Cc1cc(-c2ccccc2)nn1[BH-](n1nc(-c2ccccc2)cc1C)n1nc(-c2ccccc2)cc1C.Nc1ncnc2[n-]cnc12.[Zn+2]. The molecule has 0 bridgehead atoms. The average molecular weight is 843 g/mol. The van der Waals surface area contributed by atoms with E-state index < -0.39 is 7.12 Å². The third-order valence-corrected chi connectivity index (χ3v) is 8.15. The fraction of sp³-hybridized carbons (Fsp3) is 0.200. The van der Waals surface area contributed by atoms with Crippen molar-refractivity contribution >= 4 is 24.1 Å². The Morgan fingerprint density at radius 3 is 1.14 bits per heavy atom. The van der Waals surface area contributed by atoms with E-state index in [4.69, 9.17) is 46.6 Å².